The average Bonchev–Trinajstić information content (AvgIpc) is 2.80. The molecule has 0 unspecified atom stereocenters. The predicted molar refractivity (Wildman–Crippen MR) is 125 cm³/mol. The Balaban J connectivity index is 1.53. The summed E-state index contributed by atoms with van der Waals surface area (Å²) in [5.41, 5.74) is 3.12. The molecule has 2 aliphatic heterocycles. The number of pyridine rings is 1. The number of carbonyl (C=O) groups excluding carboxylic acids is 1. The summed E-state index contributed by atoms with van der Waals surface area (Å²) in [4.78, 5) is 22.2. The maximum atomic E-state index is 13.4. The zero-order chi connectivity index (χ0) is 22.3. The van der Waals surface area contributed by atoms with Crippen LogP contribution in [-0.2, 0) is 11.3 Å². The molecule has 1 fully saturated rings. The minimum absolute atomic E-state index is 0.0906. The van der Waals surface area contributed by atoms with E-state index >= 15 is 0 Å². The number of piperidine rings is 1. The van der Waals surface area contributed by atoms with Gasteiger partial charge in [-0.2, -0.15) is 0 Å². The number of rotatable bonds is 3. The van der Waals surface area contributed by atoms with E-state index in [1.54, 1.807) is 7.11 Å². The van der Waals surface area contributed by atoms with E-state index in [2.05, 4.69) is 22.9 Å². The summed E-state index contributed by atoms with van der Waals surface area (Å²) in [7, 11) is 1.77. The summed E-state index contributed by atoms with van der Waals surface area (Å²) < 4.78 is 11.9. The summed E-state index contributed by atoms with van der Waals surface area (Å²) >= 11 is 0. The summed E-state index contributed by atoms with van der Waals surface area (Å²) in [5.74, 6) is 0.842. The molecule has 2 aromatic rings. The van der Waals surface area contributed by atoms with Gasteiger partial charge in [0.05, 0.1) is 12.1 Å². The van der Waals surface area contributed by atoms with Gasteiger partial charge in [-0.15, -0.1) is 0 Å². The van der Waals surface area contributed by atoms with Crippen molar-refractivity contribution < 1.29 is 14.3 Å². The lowest BCUT2D eigenvalue weighted by atomic mass is 9.93. The van der Waals surface area contributed by atoms with Crippen LogP contribution in [0.2, 0.25) is 0 Å². The minimum Gasteiger partial charge on any atom is -0.492 e. The molecule has 172 valence electrons. The van der Waals surface area contributed by atoms with Gasteiger partial charge in [0.15, 0.2) is 0 Å². The Bertz CT molecular complexity index is 903. The summed E-state index contributed by atoms with van der Waals surface area (Å²) in [6.07, 6.45) is 9.07. The highest BCUT2D eigenvalue weighted by Gasteiger charge is 2.34. The van der Waals surface area contributed by atoms with Gasteiger partial charge >= 0.3 is 0 Å². The van der Waals surface area contributed by atoms with Gasteiger partial charge in [-0.3, -0.25) is 14.7 Å². The Morgan fingerprint density at radius 2 is 2.00 bits per heavy atom. The maximum absolute atomic E-state index is 13.4. The van der Waals surface area contributed by atoms with E-state index in [0.29, 0.717) is 12.2 Å². The fourth-order valence-corrected chi connectivity index (χ4v) is 4.99. The minimum atomic E-state index is 0.0906. The lowest BCUT2D eigenvalue weighted by Gasteiger charge is -2.41. The van der Waals surface area contributed by atoms with Gasteiger partial charge in [-0.1, -0.05) is 18.6 Å². The molecule has 1 aromatic carbocycles. The van der Waals surface area contributed by atoms with Gasteiger partial charge in [0.1, 0.15) is 12.4 Å². The topological polar surface area (TPSA) is 54.9 Å². The van der Waals surface area contributed by atoms with E-state index in [9.17, 15) is 4.79 Å². The summed E-state index contributed by atoms with van der Waals surface area (Å²) in [5, 5.41) is 0. The molecule has 4 rings (SSSR count). The molecule has 1 amide bonds. The maximum Gasteiger partial charge on any atom is 0.254 e. The summed E-state index contributed by atoms with van der Waals surface area (Å²) in [6, 6.07) is 9.96. The molecule has 0 aliphatic carbocycles. The Labute approximate surface area is 191 Å². The first kappa shape index (κ1) is 22.7. The monoisotopic (exact) mass is 437 g/mol. The molecule has 2 bridgehead atoms. The smallest absolute Gasteiger partial charge is 0.254 e. The zero-order valence-corrected chi connectivity index (χ0v) is 19.3. The third kappa shape index (κ3) is 5.67. The average molecular weight is 438 g/mol. The highest BCUT2D eigenvalue weighted by molar-refractivity contribution is 5.95. The van der Waals surface area contributed by atoms with Crippen molar-refractivity contribution in [1.82, 2.24) is 14.8 Å². The number of fused-ring (bicyclic) bond motifs is 3. The Morgan fingerprint density at radius 1 is 1.09 bits per heavy atom. The van der Waals surface area contributed by atoms with Gasteiger partial charge < -0.3 is 14.4 Å². The van der Waals surface area contributed by atoms with Crippen molar-refractivity contribution in [1.29, 1.82) is 0 Å². The van der Waals surface area contributed by atoms with Crippen molar-refractivity contribution >= 4 is 5.91 Å². The van der Waals surface area contributed by atoms with Gasteiger partial charge in [0.2, 0.25) is 0 Å². The van der Waals surface area contributed by atoms with Crippen molar-refractivity contribution in [3.8, 4) is 5.75 Å². The first-order chi connectivity index (χ1) is 15.6. The number of methoxy groups -OCH3 is 1. The molecule has 0 N–H and O–H groups in total. The predicted octanol–water partition coefficient (Wildman–Crippen LogP) is 4.07. The highest BCUT2D eigenvalue weighted by atomic mass is 16.5. The number of amides is 1. The van der Waals surface area contributed by atoms with Crippen LogP contribution in [0.5, 0.6) is 5.75 Å². The molecule has 6 nitrogen and oxygen atoms in total. The second-order valence-electron chi connectivity index (χ2n) is 9.00. The summed E-state index contributed by atoms with van der Waals surface area (Å²) in [6.45, 7) is 6.17. The van der Waals surface area contributed by atoms with Crippen molar-refractivity contribution in [3.63, 3.8) is 0 Å². The van der Waals surface area contributed by atoms with Gasteiger partial charge in [0.25, 0.3) is 5.91 Å². The third-order valence-corrected chi connectivity index (χ3v) is 6.60. The van der Waals surface area contributed by atoms with Crippen LogP contribution in [0.4, 0.5) is 0 Å². The van der Waals surface area contributed by atoms with Gasteiger partial charge in [-0.25, -0.2) is 0 Å². The van der Waals surface area contributed by atoms with Crippen molar-refractivity contribution in [3.05, 3.63) is 59.4 Å². The molecule has 32 heavy (non-hydrogen) atoms. The second kappa shape index (κ2) is 10.9. The fourth-order valence-electron chi connectivity index (χ4n) is 4.99. The van der Waals surface area contributed by atoms with Crippen LogP contribution < -0.4 is 4.74 Å². The molecule has 0 radical (unpaired) electrons. The number of hydrogen-bond donors (Lipinski definition) is 0. The Morgan fingerprint density at radius 3 is 2.84 bits per heavy atom. The molecule has 1 aromatic heterocycles. The van der Waals surface area contributed by atoms with E-state index < -0.39 is 0 Å². The van der Waals surface area contributed by atoms with Crippen LogP contribution in [0.15, 0.2) is 42.7 Å². The number of aryl methyl sites for hydroxylation is 1. The number of ether oxygens (including phenoxy) is 2. The van der Waals surface area contributed by atoms with E-state index in [1.165, 1.54) is 11.1 Å². The van der Waals surface area contributed by atoms with Crippen LogP contribution in [0, 0.1) is 6.92 Å². The normalized spacial score (nSPS) is 23.2. The van der Waals surface area contributed by atoms with E-state index in [0.717, 1.165) is 64.0 Å². The number of carbonyl (C=O) groups is 1. The first-order valence-corrected chi connectivity index (χ1v) is 11.8. The molecule has 6 heteroatoms. The van der Waals surface area contributed by atoms with Crippen molar-refractivity contribution in [2.24, 2.45) is 0 Å². The molecule has 2 atom stereocenters. The van der Waals surface area contributed by atoms with Crippen LogP contribution >= 0.6 is 0 Å². The molecule has 2 aliphatic rings. The largest absolute Gasteiger partial charge is 0.492 e. The van der Waals surface area contributed by atoms with E-state index in [1.807, 2.05) is 41.6 Å². The highest BCUT2D eigenvalue weighted by Crippen LogP contribution is 2.27. The van der Waals surface area contributed by atoms with E-state index in [4.69, 9.17) is 9.47 Å². The number of aromatic nitrogens is 1. The molecule has 0 spiro atoms. The zero-order valence-electron chi connectivity index (χ0n) is 19.3. The first-order valence-electron chi connectivity index (χ1n) is 11.8. The molecule has 0 saturated carbocycles. The van der Waals surface area contributed by atoms with Crippen molar-refractivity contribution in [2.75, 3.05) is 33.4 Å². The SMILES string of the molecule is CO[C@@H]1CCCN2C(=O)c3cccc(c3)OCCN(Cc3cncc(C)c3)CCCC[C@H]12. The van der Waals surface area contributed by atoms with Crippen LogP contribution in [-0.4, -0.2) is 66.2 Å². The Hall–Kier alpha value is -2.44. The number of nitrogens with zero attached hydrogens (tertiary/aromatic N) is 3. The molecular weight excluding hydrogens is 402 g/mol. The van der Waals surface area contributed by atoms with Crippen LogP contribution in [0.1, 0.15) is 53.6 Å². The van der Waals surface area contributed by atoms with Crippen LogP contribution in [0.3, 0.4) is 0 Å². The lowest BCUT2D eigenvalue weighted by molar-refractivity contribution is -0.0156. The lowest BCUT2D eigenvalue weighted by Crippen LogP contribution is -2.51. The fraction of sp³-hybridized carbons (Fsp3) is 0.538. The van der Waals surface area contributed by atoms with Crippen molar-refractivity contribution in [2.45, 2.75) is 57.7 Å². The Kier molecular flexibility index (Phi) is 7.76. The standard InChI is InChI=1S/C26H35N3O3/c1-20-15-21(18-27-17-20)19-28-11-4-3-9-24-25(31-2)10-6-12-29(24)26(30)22-7-5-8-23(16-22)32-14-13-28/h5,7-8,15-18,24-25H,3-4,6,9-14,19H2,1-2H3/t24-,25-/m1/s1. The molecular formula is C26H35N3O3. The number of benzene rings is 1. The van der Waals surface area contributed by atoms with Crippen LogP contribution in [0.25, 0.3) is 0 Å². The van der Waals surface area contributed by atoms with Gasteiger partial charge in [-0.05, 0) is 68.5 Å². The quantitative estimate of drug-likeness (QED) is 0.724. The third-order valence-electron chi connectivity index (χ3n) is 6.60. The number of hydrogen-bond acceptors (Lipinski definition) is 5. The second-order valence-corrected chi connectivity index (χ2v) is 9.00. The van der Waals surface area contributed by atoms with E-state index in [-0.39, 0.29) is 18.1 Å². The molecule has 1 saturated heterocycles. The molecule has 3 heterocycles. The van der Waals surface area contributed by atoms with Gasteiger partial charge in [0, 0.05) is 44.7 Å².